The lowest BCUT2D eigenvalue weighted by molar-refractivity contribution is -0.121. The number of aromatic nitrogens is 1. The SMILES string of the molecule is CC[C@H](C)NC(=O)C[C@@H](c1ccc(F)cc1)c1cn(CC)c2ccccc12. The quantitative estimate of drug-likeness (QED) is 0.610. The van der Waals surface area contributed by atoms with E-state index in [-0.39, 0.29) is 23.7 Å². The number of nitrogens with zero attached hydrogens (tertiary/aromatic N) is 1. The van der Waals surface area contributed by atoms with Crippen LogP contribution in [0.5, 0.6) is 0 Å². The van der Waals surface area contributed by atoms with E-state index >= 15 is 0 Å². The van der Waals surface area contributed by atoms with Crippen molar-refractivity contribution in [2.45, 2.75) is 52.1 Å². The summed E-state index contributed by atoms with van der Waals surface area (Å²) < 4.78 is 15.7. The van der Waals surface area contributed by atoms with Crippen molar-refractivity contribution in [2.24, 2.45) is 0 Å². The molecule has 0 aliphatic rings. The fraction of sp³-hybridized carbons (Fsp3) is 0.348. The van der Waals surface area contributed by atoms with Gasteiger partial charge in [0.25, 0.3) is 0 Å². The second kappa shape index (κ2) is 8.38. The number of benzene rings is 2. The topological polar surface area (TPSA) is 34.0 Å². The van der Waals surface area contributed by atoms with Gasteiger partial charge in [0.1, 0.15) is 5.82 Å². The first-order valence-corrected chi connectivity index (χ1v) is 9.66. The van der Waals surface area contributed by atoms with Crippen LogP contribution in [0.25, 0.3) is 10.9 Å². The lowest BCUT2D eigenvalue weighted by Gasteiger charge is -2.19. The highest BCUT2D eigenvalue weighted by Crippen LogP contribution is 2.35. The number of carbonyl (C=O) groups is 1. The number of rotatable bonds is 7. The lowest BCUT2D eigenvalue weighted by atomic mass is 9.88. The maximum Gasteiger partial charge on any atom is 0.221 e. The van der Waals surface area contributed by atoms with E-state index < -0.39 is 0 Å². The molecule has 4 heteroatoms. The minimum absolute atomic E-state index is 0.0204. The molecule has 2 atom stereocenters. The van der Waals surface area contributed by atoms with Gasteiger partial charge >= 0.3 is 0 Å². The van der Waals surface area contributed by atoms with Crippen molar-refractivity contribution in [1.82, 2.24) is 9.88 Å². The number of amides is 1. The molecule has 1 amide bonds. The molecule has 1 aromatic heterocycles. The molecule has 0 bridgehead atoms. The van der Waals surface area contributed by atoms with Gasteiger partial charge < -0.3 is 9.88 Å². The third-order valence-corrected chi connectivity index (χ3v) is 5.22. The van der Waals surface area contributed by atoms with Crippen LogP contribution in [0, 0.1) is 5.82 Å². The van der Waals surface area contributed by atoms with E-state index in [9.17, 15) is 9.18 Å². The molecule has 0 saturated carbocycles. The molecule has 0 aliphatic carbocycles. The Morgan fingerprint density at radius 1 is 1.11 bits per heavy atom. The predicted molar refractivity (Wildman–Crippen MR) is 108 cm³/mol. The average molecular weight is 366 g/mol. The summed E-state index contributed by atoms with van der Waals surface area (Å²) >= 11 is 0. The van der Waals surface area contributed by atoms with Gasteiger partial charge in [-0.1, -0.05) is 37.3 Å². The Morgan fingerprint density at radius 2 is 1.81 bits per heavy atom. The van der Waals surface area contributed by atoms with Crippen LogP contribution in [-0.2, 0) is 11.3 Å². The molecule has 27 heavy (non-hydrogen) atoms. The molecule has 1 N–H and O–H groups in total. The summed E-state index contributed by atoms with van der Waals surface area (Å²) in [6.07, 6.45) is 3.37. The van der Waals surface area contributed by atoms with E-state index in [1.54, 1.807) is 12.1 Å². The van der Waals surface area contributed by atoms with Crippen molar-refractivity contribution in [3.05, 3.63) is 71.7 Å². The Bertz CT molecular complexity index is 914. The molecule has 0 radical (unpaired) electrons. The fourth-order valence-electron chi connectivity index (χ4n) is 3.54. The summed E-state index contributed by atoms with van der Waals surface area (Å²) in [5.74, 6) is -0.364. The number of carbonyl (C=O) groups excluding carboxylic acids is 1. The number of hydrogen-bond donors (Lipinski definition) is 1. The molecule has 0 aliphatic heterocycles. The summed E-state index contributed by atoms with van der Waals surface area (Å²) in [5.41, 5.74) is 3.22. The molecular weight excluding hydrogens is 339 g/mol. The Balaban J connectivity index is 2.04. The van der Waals surface area contributed by atoms with E-state index in [2.05, 4.69) is 42.1 Å². The second-order valence-electron chi connectivity index (χ2n) is 7.07. The Labute approximate surface area is 160 Å². The molecule has 0 saturated heterocycles. The first-order chi connectivity index (χ1) is 13.0. The van der Waals surface area contributed by atoms with E-state index in [0.29, 0.717) is 6.42 Å². The van der Waals surface area contributed by atoms with Crippen LogP contribution in [0.1, 0.15) is 50.7 Å². The number of fused-ring (bicyclic) bond motifs is 1. The van der Waals surface area contributed by atoms with Crippen LogP contribution in [0.3, 0.4) is 0 Å². The number of aryl methyl sites for hydroxylation is 1. The molecular formula is C23H27FN2O. The van der Waals surface area contributed by atoms with Gasteiger partial charge in [0.2, 0.25) is 5.91 Å². The molecule has 0 unspecified atom stereocenters. The van der Waals surface area contributed by atoms with Crippen molar-refractivity contribution in [2.75, 3.05) is 0 Å². The first kappa shape index (κ1) is 19.2. The normalized spacial score (nSPS) is 13.5. The molecule has 142 valence electrons. The third kappa shape index (κ3) is 4.21. The predicted octanol–water partition coefficient (Wildman–Crippen LogP) is 5.24. The summed E-state index contributed by atoms with van der Waals surface area (Å²) in [7, 11) is 0. The zero-order chi connectivity index (χ0) is 19.4. The van der Waals surface area contributed by atoms with Crippen LogP contribution in [-0.4, -0.2) is 16.5 Å². The third-order valence-electron chi connectivity index (χ3n) is 5.22. The van der Waals surface area contributed by atoms with Gasteiger partial charge in [-0.3, -0.25) is 4.79 Å². The van der Waals surface area contributed by atoms with E-state index in [1.165, 1.54) is 12.1 Å². The monoisotopic (exact) mass is 366 g/mol. The highest BCUT2D eigenvalue weighted by molar-refractivity contribution is 5.86. The van der Waals surface area contributed by atoms with Crippen molar-refractivity contribution in [3.8, 4) is 0 Å². The summed E-state index contributed by atoms with van der Waals surface area (Å²) in [4.78, 5) is 12.7. The first-order valence-electron chi connectivity index (χ1n) is 9.66. The lowest BCUT2D eigenvalue weighted by Crippen LogP contribution is -2.33. The van der Waals surface area contributed by atoms with Gasteiger partial charge in [-0.2, -0.15) is 0 Å². The van der Waals surface area contributed by atoms with Crippen molar-refractivity contribution >= 4 is 16.8 Å². The highest BCUT2D eigenvalue weighted by atomic mass is 19.1. The van der Waals surface area contributed by atoms with Crippen molar-refractivity contribution < 1.29 is 9.18 Å². The van der Waals surface area contributed by atoms with Crippen molar-refractivity contribution in [1.29, 1.82) is 0 Å². The molecule has 1 heterocycles. The number of para-hydroxylation sites is 1. The van der Waals surface area contributed by atoms with E-state index in [0.717, 1.165) is 35.0 Å². The maximum absolute atomic E-state index is 13.5. The molecule has 0 spiro atoms. The smallest absolute Gasteiger partial charge is 0.221 e. The van der Waals surface area contributed by atoms with Crippen molar-refractivity contribution in [3.63, 3.8) is 0 Å². The molecule has 2 aromatic carbocycles. The fourth-order valence-corrected chi connectivity index (χ4v) is 3.54. The van der Waals surface area contributed by atoms with Crippen LogP contribution < -0.4 is 5.32 Å². The highest BCUT2D eigenvalue weighted by Gasteiger charge is 2.23. The summed E-state index contributed by atoms with van der Waals surface area (Å²) in [6.45, 7) is 7.03. The van der Waals surface area contributed by atoms with Gasteiger partial charge in [-0.25, -0.2) is 4.39 Å². The largest absolute Gasteiger partial charge is 0.354 e. The van der Waals surface area contributed by atoms with Gasteiger partial charge in [0.05, 0.1) is 0 Å². The molecule has 3 aromatic rings. The molecule has 3 nitrogen and oxygen atoms in total. The second-order valence-corrected chi connectivity index (χ2v) is 7.07. The zero-order valence-electron chi connectivity index (χ0n) is 16.2. The van der Waals surface area contributed by atoms with Crippen LogP contribution >= 0.6 is 0 Å². The Hall–Kier alpha value is -2.62. The van der Waals surface area contributed by atoms with Gasteiger partial charge in [0.15, 0.2) is 0 Å². The zero-order valence-corrected chi connectivity index (χ0v) is 16.2. The van der Waals surface area contributed by atoms with Gasteiger partial charge in [-0.05, 0) is 49.6 Å². The van der Waals surface area contributed by atoms with Gasteiger partial charge in [-0.15, -0.1) is 0 Å². The summed E-state index contributed by atoms with van der Waals surface area (Å²) in [5, 5.41) is 4.20. The Morgan fingerprint density at radius 3 is 2.48 bits per heavy atom. The van der Waals surface area contributed by atoms with Gasteiger partial charge in [0, 0.05) is 42.0 Å². The average Bonchev–Trinajstić information content (AvgIpc) is 3.05. The number of hydrogen-bond acceptors (Lipinski definition) is 1. The Kier molecular flexibility index (Phi) is 5.94. The minimum atomic E-state index is -0.266. The van der Waals surface area contributed by atoms with E-state index in [1.807, 2.05) is 19.1 Å². The molecule has 0 fully saturated rings. The minimum Gasteiger partial charge on any atom is -0.354 e. The van der Waals surface area contributed by atoms with Crippen LogP contribution in [0.4, 0.5) is 4.39 Å². The van der Waals surface area contributed by atoms with Crippen LogP contribution in [0.15, 0.2) is 54.7 Å². The molecule has 3 rings (SSSR count). The summed E-state index contributed by atoms with van der Waals surface area (Å²) in [6, 6.07) is 14.9. The number of nitrogens with one attached hydrogen (secondary N) is 1. The van der Waals surface area contributed by atoms with E-state index in [4.69, 9.17) is 0 Å². The standard InChI is InChI=1S/C23H27FN2O/c1-4-16(3)25-23(27)14-20(17-10-12-18(24)13-11-17)21-15-26(5-2)22-9-7-6-8-19(21)22/h6-13,15-16,20H,4-5,14H2,1-3H3,(H,25,27)/t16-,20-/m0/s1. The number of halogens is 1. The maximum atomic E-state index is 13.5. The van der Waals surface area contributed by atoms with Crippen LogP contribution in [0.2, 0.25) is 0 Å².